The lowest BCUT2D eigenvalue weighted by Gasteiger charge is -2.36. The summed E-state index contributed by atoms with van der Waals surface area (Å²) in [6.45, 7) is 4.61. The van der Waals surface area contributed by atoms with Crippen molar-refractivity contribution in [2.24, 2.45) is 0 Å². The second-order valence-corrected chi connectivity index (χ2v) is 4.01. The molecule has 88 valence electrons. The molecule has 1 aromatic heterocycles. The Kier molecular flexibility index (Phi) is 3.74. The maximum atomic E-state index is 9.11. The van der Waals surface area contributed by atoms with Crippen LogP contribution in [0.15, 0.2) is 18.3 Å². The van der Waals surface area contributed by atoms with Crippen LogP contribution in [0.2, 0.25) is 0 Å². The third kappa shape index (κ3) is 2.33. The summed E-state index contributed by atoms with van der Waals surface area (Å²) in [6.07, 6.45) is 2.80. The van der Waals surface area contributed by atoms with Crippen LogP contribution in [0, 0.1) is 0 Å². The molecule has 1 saturated heterocycles. The molecule has 0 amide bonds. The van der Waals surface area contributed by atoms with Crippen LogP contribution >= 0.6 is 0 Å². The molecule has 0 saturated carbocycles. The average Bonchev–Trinajstić information content (AvgIpc) is 2.38. The molecule has 1 aliphatic heterocycles. The van der Waals surface area contributed by atoms with Crippen LogP contribution in [0.4, 0.5) is 5.82 Å². The van der Waals surface area contributed by atoms with Crippen LogP contribution in [0.1, 0.15) is 18.9 Å². The van der Waals surface area contributed by atoms with Crippen molar-refractivity contribution in [3.63, 3.8) is 0 Å². The van der Waals surface area contributed by atoms with E-state index >= 15 is 0 Å². The van der Waals surface area contributed by atoms with E-state index in [2.05, 4.69) is 16.8 Å². The highest BCUT2D eigenvalue weighted by atomic mass is 16.5. The smallest absolute Gasteiger partial charge is 0.129 e. The molecule has 1 atom stereocenters. The average molecular weight is 222 g/mol. The Balaban J connectivity index is 2.20. The molecule has 16 heavy (non-hydrogen) atoms. The Morgan fingerprint density at radius 3 is 3.25 bits per heavy atom. The van der Waals surface area contributed by atoms with Gasteiger partial charge < -0.3 is 14.7 Å². The summed E-state index contributed by atoms with van der Waals surface area (Å²) < 4.78 is 5.46. The highest BCUT2D eigenvalue weighted by Crippen LogP contribution is 2.19. The zero-order chi connectivity index (χ0) is 11.4. The monoisotopic (exact) mass is 222 g/mol. The molecule has 1 fully saturated rings. The molecule has 4 heteroatoms. The maximum absolute atomic E-state index is 9.11. The van der Waals surface area contributed by atoms with Gasteiger partial charge in [-0.25, -0.2) is 4.98 Å². The Morgan fingerprint density at radius 2 is 2.50 bits per heavy atom. The van der Waals surface area contributed by atoms with Gasteiger partial charge >= 0.3 is 0 Å². The molecule has 2 heterocycles. The lowest BCUT2D eigenvalue weighted by molar-refractivity contribution is 0.0925. The van der Waals surface area contributed by atoms with Crippen molar-refractivity contribution >= 4 is 5.82 Å². The number of morpholine rings is 1. The Labute approximate surface area is 95.9 Å². The number of ether oxygens (including phenoxy) is 1. The van der Waals surface area contributed by atoms with Gasteiger partial charge in [0.1, 0.15) is 5.82 Å². The van der Waals surface area contributed by atoms with E-state index in [9.17, 15) is 0 Å². The van der Waals surface area contributed by atoms with Crippen molar-refractivity contribution in [1.82, 2.24) is 4.98 Å². The molecule has 1 N–H and O–H groups in total. The van der Waals surface area contributed by atoms with Gasteiger partial charge in [0.05, 0.1) is 25.9 Å². The third-order valence-electron chi connectivity index (χ3n) is 2.99. The van der Waals surface area contributed by atoms with Crippen molar-refractivity contribution in [3.05, 3.63) is 23.9 Å². The van der Waals surface area contributed by atoms with E-state index < -0.39 is 0 Å². The zero-order valence-corrected chi connectivity index (χ0v) is 9.59. The molecule has 1 aromatic rings. The molecule has 0 aliphatic carbocycles. The first kappa shape index (κ1) is 11.4. The molecular formula is C12H18N2O2. The number of nitrogens with zero attached hydrogens (tertiary/aromatic N) is 2. The summed E-state index contributed by atoms with van der Waals surface area (Å²) in [4.78, 5) is 6.64. The number of hydrogen-bond acceptors (Lipinski definition) is 4. The van der Waals surface area contributed by atoms with Crippen LogP contribution in [-0.2, 0) is 11.3 Å². The molecule has 1 aliphatic rings. The lowest BCUT2D eigenvalue weighted by Crippen LogP contribution is -2.45. The molecule has 0 aromatic carbocycles. The summed E-state index contributed by atoms with van der Waals surface area (Å²) in [6, 6.07) is 4.19. The van der Waals surface area contributed by atoms with Gasteiger partial charge in [0.2, 0.25) is 0 Å². The number of aliphatic hydroxyl groups excluding tert-OH is 1. The second kappa shape index (κ2) is 5.27. The van der Waals surface area contributed by atoms with Crippen LogP contribution in [0.5, 0.6) is 0 Å². The predicted molar refractivity (Wildman–Crippen MR) is 62.4 cm³/mol. The molecule has 0 spiro atoms. The largest absolute Gasteiger partial charge is 0.392 e. The van der Waals surface area contributed by atoms with Gasteiger partial charge in [-0.3, -0.25) is 0 Å². The Hall–Kier alpha value is -1.13. The molecule has 1 unspecified atom stereocenters. The van der Waals surface area contributed by atoms with E-state index in [0.29, 0.717) is 6.04 Å². The van der Waals surface area contributed by atoms with Crippen LogP contribution in [-0.4, -0.2) is 35.9 Å². The normalized spacial score (nSPS) is 21.1. The summed E-state index contributed by atoms with van der Waals surface area (Å²) in [5.74, 6) is 0.946. The maximum Gasteiger partial charge on any atom is 0.129 e. The summed E-state index contributed by atoms with van der Waals surface area (Å²) in [5.41, 5.74) is 0.909. The van der Waals surface area contributed by atoms with Gasteiger partial charge in [0, 0.05) is 12.7 Å². The van der Waals surface area contributed by atoms with Gasteiger partial charge in [-0.1, -0.05) is 6.92 Å². The number of hydrogen-bond donors (Lipinski definition) is 1. The zero-order valence-electron chi connectivity index (χ0n) is 9.59. The topological polar surface area (TPSA) is 45.6 Å². The van der Waals surface area contributed by atoms with Crippen molar-refractivity contribution in [3.8, 4) is 0 Å². The van der Waals surface area contributed by atoms with Crippen molar-refractivity contribution in [2.45, 2.75) is 26.0 Å². The fourth-order valence-electron chi connectivity index (χ4n) is 2.01. The van der Waals surface area contributed by atoms with Crippen molar-refractivity contribution in [2.75, 3.05) is 24.7 Å². The first-order valence-corrected chi connectivity index (χ1v) is 5.75. The highest BCUT2D eigenvalue weighted by molar-refractivity contribution is 5.42. The number of anilines is 1. The predicted octanol–water partition coefficient (Wildman–Crippen LogP) is 1.19. The quantitative estimate of drug-likeness (QED) is 0.834. The first-order valence-electron chi connectivity index (χ1n) is 5.75. The number of aliphatic hydroxyl groups is 1. The van der Waals surface area contributed by atoms with E-state index in [-0.39, 0.29) is 6.61 Å². The lowest BCUT2D eigenvalue weighted by atomic mass is 10.1. The first-order chi connectivity index (χ1) is 7.85. The molecule has 2 rings (SSSR count). The minimum atomic E-state index is 0.0661. The Morgan fingerprint density at radius 1 is 1.62 bits per heavy atom. The summed E-state index contributed by atoms with van der Waals surface area (Å²) in [5, 5.41) is 9.11. The number of rotatable bonds is 3. The number of aromatic nitrogens is 1. The second-order valence-electron chi connectivity index (χ2n) is 4.01. The van der Waals surface area contributed by atoms with E-state index in [1.54, 1.807) is 6.20 Å². The minimum absolute atomic E-state index is 0.0661. The minimum Gasteiger partial charge on any atom is -0.392 e. The van der Waals surface area contributed by atoms with Gasteiger partial charge in [0.25, 0.3) is 0 Å². The molecule has 0 bridgehead atoms. The van der Waals surface area contributed by atoms with Gasteiger partial charge in [-0.05, 0) is 24.1 Å². The van der Waals surface area contributed by atoms with Crippen LogP contribution < -0.4 is 4.90 Å². The van der Waals surface area contributed by atoms with Crippen molar-refractivity contribution < 1.29 is 9.84 Å². The van der Waals surface area contributed by atoms with Crippen molar-refractivity contribution in [1.29, 1.82) is 0 Å². The van der Waals surface area contributed by atoms with Gasteiger partial charge in [0.15, 0.2) is 0 Å². The third-order valence-corrected chi connectivity index (χ3v) is 2.99. The van der Waals surface area contributed by atoms with Crippen LogP contribution in [0.3, 0.4) is 0 Å². The Bertz CT molecular complexity index is 344. The highest BCUT2D eigenvalue weighted by Gasteiger charge is 2.22. The molecule has 4 nitrogen and oxygen atoms in total. The summed E-state index contributed by atoms with van der Waals surface area (Å²) >= 11 is 0. The number of pyridine rings is 1. The van der Waals surface area contributed by atoms with Gasteiger partial charge in [-0.2, -0.15) is 0 Å². The van der Waals surface area contributed by atoms with E-state index in [4.69, 9.17) is 9.84 Å². The SMILES string of the molecule is CCC1COCCN1c1cc(CO)ccn1. The standard InChI is InChI=1S/C12H18N2O2/c1-2-11-9-16-6-5-14(11)12-7-10(8-15)3-4-13-12/h3-4,7,11,15H,2,5-6,8-9H2,1H3. The molecular weight excluding hydrogens is 204 g/mol. The van der Waals surface area contributed by atoms with Crippen LogP contribution in [0.25, 0.3) is 0 Å². The van der Waals surface area contributed by atoms with E-state index in [0.717, 1.165) is 37.6 Å². The van der Waals surface area contributed by atoms with E-state index in [1.807, 2.05) is 12.1 Å². The fraction of sp³-hybridized carbons (Fsp3) is 0.583. The fourth-order valence-corrected chi connectivity index (χ4v) is 2.01. The summed E-state index contributed by atoms with van der Waals surface area (Å²) in [7, 11) is 0. The van der Waals surface area contributed by atoms with E-state index in [1.165, 1.54) is 0 Å². The van der Waals surface area contributed by atoms with Gasteiger partial charge in [-0.15, -0.1) is 0 Å². The molecule has 0 radical (unpaired) electrons.